The van der Waals surface area contributed by atoms with Crippen LogP contribution in [0.3, 0.4) is 0 Å². The molecule has 7 nitrogen and oxygen atoms in total. The third-order valence-electron chi connectivity index (χ3n) is 3.62. The van der Waals surface area contributed by atoms with Crippen LogP contribution in [0, 0.1) is 0 Å². The van der Waals surface area contributed by atoms with Crippen LogP contribution in [0.1, 0.15) is 10.4 Å². The summed E-state index contributed by atoms with van der Waals surface area (Å²) in [7, 11) is 4.75. The fraction of sp³-hybridized carbons (Fsp3) is 0.438. The van der Waals surface area contributed by atoms with Crippen LogP contribution in [0.25, 0.3) is 11.0 Å². The smallest absolute Gasteiger partial charge is 0.264 e. The number of nitrogens with zero attached hydrogens (tertiary/aromatic N) is 3. The van der Waals surface area contributed by atoms with Gasteiger partial charge in [0.2, 0.25) is 0 Å². The first-order valence-corrected chi connectivity index (χ1v) is 7.32. The number of carbonyl (C=O) groups is 1. The summed E-state index contributed by atoms with van der Waals surface area (Å²) in [6.45, 7) is 1.58. The quantitative estimate of drug-likeness (QED) is 0.750. The summed E-state index contributed by atoms with van der Waals surface area (Å²) in [6.07, 6.45) is 1.62. The Morgan fingerprint density at radius 3 is 2.52 bits per heavy atom. The van der Waals surface area contributed by atoms with Gasteiger partial charge >= 0.3 is 0 Å². The van der Waals surface area contributed by atoms with Crippen LogP contribution in [-0.2, 0) is 16.5 Å². The summed E-state index contributed by atoms with van der Waals surface area (Å²) in [4.78, 5) is 31.0. The van der Waals surface area contributed by atoms with Gasteiger partial charge in [0.1, 0.15) is 11.2 Å². The van der Waals surface area contributed by atoms with Gasteiger partial charge in [-0.2, -0.15) is 0 Å². The lowest BCUT2D eigenvalue weighted by atomic mass is 10.1. The van der Waals surface area contributed by atoms with E-state index < -0.39 is 0 Å². The van der Waals surface area contributed by atoms with Gasteiger partial charge in [0.05, 0.1) is 13.2 Å². The normalized spacial score (nSPS) is 10.9. The zero-order valence-corrected chi connectivity index (χ0v) is 13.6. The van der Waals surface area contributed by atoms with Gasteiger partial charge in [-0.05, 0) is 18.2 Å². The van der Waals surface area contributed by atoms with Crippen molar-refractivity contribution in [3.63, 3.8) is 0 Å². The molecule has 0 bridgehead atoms. The highest BCUT2D eigenvalue weighted by atomic mass is 16.5. The Morgan fingerprint density at radius 2 is 1.91 bits per heavy atom. The van der Waals surface area contributed by atoms with E-state index in [9.17, 15) is 9.59 Å². The number of carbonyl (C=O) groups excluding carboxylic acids is 1. The minimum Gasteiger partial charge on any atom is -0.383 e. The maximum atomic E-state index is 12.8. The highest BCUT2D eigenvalue weighted by Gasteiger charge is 2.20. The maximum Gasteiger partial charge on any atom is 0.264 e. The average molecular weight is 319 g/mol. The molecule has 0 fully saturated rings. The van der Waals surface area contributed by atoms with Crippen molar-refractivity contribution in [1.29, 1.82) is 0 Å². The molecule has 0 saturated heterocycles. The van der Waals surface area contributed by atoms with Crippen LogP contribution in [0.2, 0.25) is 0 Å². The molecule has 0 N–H and O–H groups in total. The Balaban J connectivity index is 2.41. The molecule has 2 aromatic heterocycles. The molecule has 7 heteroatoms. The predicted octanol–water partition coefficient (Wildman–Crippen LogP) is 0.668. The first-order chi connectivity index (χ1) is 11.1. The molecule has 0 atom stereocenters. The van der Waals surface area contributed by atoms with E-state index in [1.54, 1.807) is 44.5 Å². The summed E-state index contributed by atoms with van der Waals surface area (Å²) in [5, 5.41) is 0.747. The Hall–Kier alpha value is -2.25. The van der Waals surface area contributed by atoms with E-state index >= 15 is 0 Å². The van der Waals surface area contributed by atoms with Crippen molar-refractivity contribution >= 4 is 16.9 Å². The molecular weight excluding hydrogens is 298 g/mol. The number of hydrogen-bond donors (Lipinski definition) is 0. The van der Waals surface area contributed by atoms with E-state index in [-0.39, 0.29) is 17.0 Å². The molecule has 2 aromatic rings. The van der Waals surface area contributed by atoms with Crippen molar-refractivity contribution in [2.45, 2.75) is 0 Å². The molecule has 0 aromatic carbocycles. The fourth-order valence-corrected chi connectivity index (χ4v) is 2.34. The third kappa shape index (κ3) is 3.75. The number of aromatic nitrogens is 2. The number of amides is 1. The van der Waals surface area contributed by atoms with Crippen molar-refractivity contribution in [3.05, 3.63) is 40.3 Å². The second-order valence-corrected chi connectivity index (χ2v) is 5.12. The summed E-state index contributed by atoms with van der Waals surface area (Å²) >= 11 is 0. The summed E-state index contributed by atoms with van der Waals surface area (Å²) < 4.78 is 11.5. The topological polar surface area (TPSA) is 73.7 Å². The fourth-order valence-electron chi connectivity index (χ4n) is 2.34. The van der Waals surface area contributed by atoms with E-state index in [2.05, 4.69) is 4.98 Å². The van der Waals surface area contributed by atoms with Crippen molar-refractivity contribution < 1.29 is 14.3 Å². The first kappa shape index (κ1) is 17.1. The maximum absolute atomic E-state index is 12.8. The van der Waals surface area contributed by atoms with Gasteiger partial charge in [-0.1, -0.05) is 0 Å². The standard InChI is InChI=1S/C16H21N3O4/c1-18-14-12(5-4-6-17-14)11-13(15(18)20)16(21)19(7-9-22-2)8-10-23-3/h4-6,11H,7-10H2,1-3H3. The molecule has 0 radical (unpaired) electrons. The summed E-state index contributed by atoms with van der Waals surface area (Å²) in [5.74, 6) is -0.328. The van der Waals surface area contributed by atoms with Crippen molar-refractivity contribution in [1.82, 2.24) is 14.5 Å². The van der Waals surface area contributed by atoms with Gasteiger partial charge in [0, 0.05) is 45.9 Å². The zero-order chi connectivity index (χ0) is 16.8. The monoisotopic (exact) mass is 319 g/mol. The molecule has 0 saturated carbocycles. The van der Waals surface area contributed by atoms with Crippen LogP contribution < -0.4 is 5.56 Å². The molecule has 0 spiro atoms. The lowest BCUT2D eigenvalue weighted by Gasteiger charge is -2.22. The van der Waals surface area contributed by atoms with Crippen LogP contribution in [-0.4, -0.2) is 60.9 Å². The van der Waals surface area contributed by atoms with E-state index in [4.69, 9.17) is 9.47 Å². The van der Waals surface area contributed by atoms with Gasteiger partial charge < -0.3 is 14.4 Å². The molecular formula is C16H21N3O4. The number of methoxy groups -OCH3 is 2. The van der Waals surface area contributed by atoms with E-state index in [1.165, 1.54) is 4.57 Å². The Labute approximate surface area is 134 Å². The third-order valence-corrected chi connectivity index (χ3v) is 3.62. The second kappa shape index (κ2) is 7.85. The lowest BCUT2D eigenvalue weighted by molar-refractivity contribution is 0.0625. The number of fused-ring (bicyclic) bond motifs is 1. The van der Waals surface area contributed by atoms with Crippen LogP contribution in [0.5, 0.6) is 0 Å². The Kier molecular flexibility index (Phi) is 5.84. The molecule has 2 heterocycles. The molecule has 23 heavy (non-hydrogen) atoms. The van der Waals surface area contributed by atoms with Gasteiger partial charge in [-0.3, -0.25) is 14.2 Å². The average Bonchev–Trinajstić information content (AvgIpc) is 2.57. The highest BCUT2D eigenvalue weighted by Crippen LogP contribution is 2.11. The minimum absolute atomic E-state index is 0.125. The van der Waals surface area contributed by atoms with Crippen molar-refractivity contribution in [2.75, 3.05) is 40.5 Å². The van der Waals surface area contributed by atoms with Crippen LogP contribution in [0.15, 0.2) is 29.2 Å². The lowest BCUT2D eigenvalue weighted by Crippen LogP contribution is -2.40. The summed E-state index contributed by atoms with van der Waals surface area (Å²) in [5.41, 5.74) is 0.315. The van der Waals surface area contributed by atoms with Gasteiger partial charge in [0.25, 0.3) is 11.5 Å². The molecule has 2 rings (SSSR count). The number of pyridine rings is 2. The number of hydrogen-bond acceptors (Lipinski definition) is 5. The predicted molar refractivity (Wildman–Crippen MR) is 86.6 cm³/mol. The highest BCUT2D eigenvalue weighted by molar-refractivity contribution is 5.96. The number of aryl methyl sites for hydroxylation is 1. The van der Waals surface area contributed by atoms with E-state index in [0.717, 1.165) is 5.39 Å². The molecule has 0 aliphatic carbocycles. The minimum atomic E-state index is -0.360. The summed E-state index contributed by atoms with van der Waals surface area (Å²) in [6, 6.07) is 5.20. The molecule has 0 aliphatic rings. The van der Waals surface area contributed by atoms with E-state index in [0.29, 0.717) is 32.0 Å². The molecule has 124 valence electrons. The zero-order valence-electron chi connectivity index (χ0n) is 13.6. The SMILES string of the molecule is COCCN(CCOC)C(=O)c1cc2cccnc2n(C)c1=O. The van der Waals surface area contributed by atoms with Gasteiger partial charge in [-0.25, -0.2) is 4.98 Å². The van der Waals surface area contributed by atoms with Crippen LogP contribution >= 0.6 is 0 Å². The Morgan fingerprint density at radius 1 is 1.26 bits per heavy atom. The molecule has 1 amide bonds. The van der Waals surface area contributed by atoms with Crippen molar-refractivity contribution in [3.8, 4) is 0 Å². The molecule has 0 unspecified atom stereocenters. The second-order valence-electron chi connectivity index (χ2n) is 5.12. The van der Waals surface area contributed by atoms with Crippen LogP contribution in [0.4, 0.5) is 0 Å². The van der Waals surface area contributed by atoms with Crippen molar-refractivity contribution in [2.24, 2.45) is 7.05 Å². The number of rotatable bonds is 7. The number of ether oxygens (including phenoxy) is 2. The Bertz CT molecular complexity index is 734. The largest absolute Gasteiger partial charge is 0.383 e. The van der Waals surface area contributed by atoms with Gasteiger partial charge in [-0.15, -0.1) is 0 Å². The van der Waals surface area contributed by atoms with Gasteiger partial charge in [0.15, 0.2) is 0 Å². The molecule has 0 aliphatic heterocycles. The van der Waals surface area contributed by atoms with E-state index in [1.807, 2.05) is 6.07 Å². The first-order valence-electron chi connectivity index (χ1n) is 7.32.